The SMILES string of the molecule is Cc1cccc(-n2ccnc2SC(C)C(=O)N2CCCC2)c1C. The van der Waals surface area contributed by atoms with Crippen LogP contribution < -0.4 is 0 Å². The predicted molar refractivity (Wildman–Crippen MR) is 94.2 cm³/mol. The Morgan fingerprint density at radius 1 is 1.26 bits per heavy atom. The smallest absolute Gasteiger partial charge is 0.235 e. The van der Waals surface area contributed by atoms with Gasteiger partial charge in [-0.1, -0.05) is 23.9 Å². The standard InChI is InChI=1S/C18H23N3OS/c1-13-7-6-8-16(14(13)2)21-12-9-19-18(21)23-15(3)17(22)20-10-4-5-11-20/h6-9,12,15H,4-5,10-11H2,1-3H3. The van der Waals surface area contributed by atoms with Crippen molar-refractivity contribution in [1.82, 2.24) is 14.5 Å². The zero-order valence-corrected chi connectivity index (χ0v) is 14.8. The molecule has 1 amide bonds. The lowest BCUT2D eigenvalue weighted by molar-refractivity contribution is -0.129. The summed E-state index contributed by atoms with van der Waals surface area (Å²) in [5.74, 6) is 0.225. The summed E-state index contributed by atoms with van der Waals surface area (Å²) in [7, 11) is 0. The molecule has 2 heterocycles. The van der Waals surface area contributed by atoms with Crippen molar-refractivity contribution in [3.63, 3.8) is 0 Å². The van der Waals surface area contributed by atoms with E-state index in [1.165, 1.54) is 11.1 Å². The minimum Gasteiger partial charge on any atom is -0.342 e. The van der Waals surface area contributed by atoms with Gasteiger partial charge in [0.25, 0.3) is 0 Å². The molecule has 4 nitrogen and oxygen atoms in total. The molecule has 0 saturated carbocycles. The first-order chi connectivity index (χ1) is 11.1. The molecule has 1 atom stereocenters. The van der Waals surface area contributed by atoms with Crippen LogP contribution in [0.15, 0.2) is 35.7 Å². The van der Waals surface area contributed by atoms with Gasteiger partial charge >= 0.3 is 0 Å². The first kappa shape index (κ1) is 16.1. The first-order valence-electron chi connectivity index (χ1n) is 8.13. The molecule has 1 aliphatic heterocycles. The predicted octanol–water partition coefficient (Wildman–Crippen LogP) is 3.59. The third-order valence-corrected chi connectivity index (χ3v) is 5.56. The Kier molecular flexibility index (Phi) is 4.76. The molecule has 0 spiro atoms. The van der Waals surface area contributed by atoms with Crippen LogP contribution in [0.4, 0.5) is 0 Å². The summed E-state index contributed by atoms with van der Waals surface area (Å²) in [5, 5.41) is 0.762. The highest BCUT2D eigenvalue weighted by Crippen LogP contribution is 2.28. The summed E-state index contributed by atoms with van der Waals surface area (Å²) >= 11 is 1.54. The van der Waals surface area contributed by atoms with Gasteiger partial charge in [-0.05, 0) is 50.8 Å². The molecule has 0 bridgehead atoms. The molecular weight excluding hydrogens is 306 g/mol. The number of thioether (sulfide) groups is 1. The highest BCUT2D eigenvalue weighted by atomic mass is 32.2. The molecule has 1 aromatic heterocycles. The minimum atomic E-state index is -0.112. The number of nitrogens with zero attached hydrogens (tertiary/aromatic N) is 3. The largest absolute Gasteiger partial charge is 0.342 e. The third-order valence-electron chi connectivity index (χ3n) is 4.49. The van der Waals surface area contributed by atoms with E-state index in [0.717, 1.165) is 36.8 Å². The topological polar surface area (TPSA) is 38.1 Å². The number of imidazole rings is 1. The highest BCUT2D eigenvalue weighted by molar-refractivity contribution is 8.00. The quantitative estimate of drug-likeness (QED) is 0.805. The molecule has 3 rings (SSSR count). The Morgan fingerprint density at radius 3 is 2.74 bits per heavy atom. The molecule has 1 saturated heterocycles. The van der Waals surface area contributed by atoms with Gasteiger partial charge in [0.15, 0.2) is 5.16 Å². The van der Waals surface area contributed by atoms with Crippen LogP contribution in [0.3, 0.4) is 0 Å². The van der Waals surface area contributed by atoms with Gasteiger partial charge in [-0.3, -0.25) is 9.36 Å². The fourth-order valence-electron chi connectivity index (χ4n) is 2.96. The van der Waals surface area contributed by atoms with Crippen molar-refractivity contribution in [1.29, 1.82) is 0 Å². The van der Waals surface area contributed by atoms with E-state index in [1.54, 1.807) is 18.0 Å². The van der Waals surface area contributed by atoms with E-state index in [-0.39, 0.29) is 11.2 Å². The van der Waals surface area contributed by atoms with Gasteiger partial charge < -0.3 is 4.90 Å². The number of carbonyl (C=O) groups is 1. The maximum Gasteiger partial charge on any atom is 0.235 e. The number of carbonyl (C=O) groups excluding carboxylic acids is 1. The van der Waals surface area contributed by atoms with Crippen LogP contribution >= 0.6 is 11.8 Å². The maximum atomic E-state index is 12.5. The van der Waals surface area contributed by atoms with Crippen molar-refractivity contribution in [2.24, 2.45) is 0 Å². The zero-order chi connectivity index (χ0) is 16.4. The van der Waals surface area contributed by atoms with Crippen molar-refractivity contribution in [3.8, 4) is 5.69 Å². The van der Waals surface area contributed by atoms with Gasteiger partial charge in [0, 0.05) is 25.5 Å². The molecule has 5 heteroatoms. The number of amides is 1. The average molecular weight is 329 g/mol. The van der Waals surface area contributed by atoms with Gasteiger partial charge in [-0.15, -0.1) is 0 Å². The van der Waals surface area contributed by atoms with Crippen molar-refractivity contribution in [2.45, 2.75) is 44.0 Å². The van der Waals surface area contributed by atoms with Crippen LogP contribution in [0.1, 0.15) is 30.9 Å². The number of likely N-dealkylation sites (tertiary alicyclic amines) is 1. The van der Waals surface area contributed by atoms with Crippen molar-refractivity contribution >= 4 is 17.7 Å². The van der Waals surface area contributed by atoms with Crippen LogP contribution in [0.2, 0.25) is 0 Å². The Hall–Kier alpha value is -1.75. The van der Waals surface area contributed by atoms with Crippen molar-refractivity contribution in [3.05, 3.63) is 41.7 Å². The van der Waals surface area contributed by atoms with Crippen LogP contribution in [0.5, 0.6) is 0 Å². The lowest BCUT2D eigenvalue weighted by atomic mass is 10.1. The second-order valence-electron chi connectivity index (χ2n) is 6.09. The normalized spacial score (nSPS) is 15.9. The molecule has 23 heavy (non-hydrogen) atoms. The van der Waals surface area contributed by atoms with Crippen LogP contribution in [0.25, 0.3) is 5.69 Å². The van der Waals surface area contributed by atoms with Gasteiger partial charge in [-0.2, -0.15) is 0 Å². The van der Waals surface area contributed by atoms with Crippen LogP contribution in [-0.2, 0) is 4.79 Å². The fraction of sp³-hybridized carbons (Fsp3) is 0.444. The number of aryl methyl sites for hydroxylation is 1. The summed E-state index contributed by atoms with van der Waals surface area (Å²) in [6.07, 6.45) is 6.02. The molecule has 1 aliphatic rings. The Balaban J connectivity index is 1.81. The summed E-state index contributed by atoms with van der Waals surface area (Å²) in [4.78, 5) is 19.0. The van der Waals surface area contributed by atoms with E-state index >= 15 is 0 Å². The second kappa shape index (κ2) is 6.79. The number of hydrogen-bond donors (Lipinski definition) is 0. The second-order valence-corrected chi connectivity index (χ2v) is 7.40. The molecule has 122 valence electrons. The van der Waals surface area contributed by atoms with Gasteiger partial charge in [0.1, 0.15) is 0 Å². The number of hydrogen-bond acceptors (Lipinski definition) is 3. The average Bonchev–Trinajstić information content (AvgIpc) is 3.21. The molecule has 0 N–H and O–H groups in total. The molecule has 2 aromatic rings. The maximum absolute atomic E-state index is 12.5. The van der Waals surface area contributed by atoms with Crippen LogP contribution in [0, 0.1) is 13.8 Å². The molecule has 1 unspecified atom stereocenters. The van der Waals surface area contributed by atoms with Crippen molar-refractivity contribution in [2.75, 3.05) is 13.1 Å². The van der Waals surface area contributed by atoms with Crippen molar-refractivity contribution < 1.29 is 4.79 Å². The summed E-state index contributed by atoms with van der Waals surface area (Å²) < 4.78 is 2.08. The Labute approximate surface area is 141 Å². The minimum absolute atomic E-state index is 0.112. The van der Waals surface area contributed by atoms with Gasteiger partial charge in [0.05, 0.1) is 10.9 Å². The van der Waals surface area contributed by atoms with E-state index in [4.69, 9.17) is 0 Å². The molecule has 0 radical (unpaired) electrons. The first-order valence-corrected chi connectivity index (χ1v) is 9.01. The lowest BCUT2D eigenvalue weighted by Gasteiger charge is -2.20. The molecular formula is C18H23N3OS. The van der Waals surface area contributed by atoms with E-state index < -0.39 is 0 Å². The molecule has 1 aromatic carbocycles. The summed E-state index contributed by atoms with van der Waals surface area (Å²) in [6.45, 7) is 8.01. The fourth-order valence-corrected chi connectivity index (χ4v) is 3.92. The number of aromatic nitrogens is 2. The third kappa shape index (κ3) is 3.29. The Bertz CT molecular complexity index is 704. The lowest BCUT2D eigenvalue weighted by Crippen LogP contribution is -2.34. The van der Waals surface area contributed by atoms with E-state index in [0.29, 0.717) is 0 Å². The monoisotopic (exact) mass is 329 g/mol. The zero-order valence-electron chi connectivity index (χ0n) is 14.0. The van der Waals surface area contributed by atoms with Crippen LogP contribution in [-0.4, -0.2) is 38.7 Å². The number of rotatable bonds is 4. The highest BCUT2D eigenvalue weighted by Gasteiger charge is 2.25. The summed E-state index contributed by atoms with van der Waals surface area (Å²) in [6, 6.07) is 6.27. The van der Waals surface area contributed by atoms with E-state index in [9.17, 15) is 4.79 Å². The number of benzene rings is 1. The molecule has 0 aliphatic carbocycles. The summed E-state index contributed by atoms with van der Waals surface area (Å²) in [5.41, 5.74) is 3.63. The van der Waals surface area contributed by atoms with E-state index in [1.807, 2.05) is 18.0 Å². The van der Waals surface area contributed by atoms with E-state index in [2.05, 4.69) is 41.6 Å². The van der Waals surface area contributed by atoms with Gasteiger partial charge in [-0.25, -0.2) is 4.98 Å². The Morgan fingerprint density at radius 2 is 2.00 bits per heavy atom. The van der Waals surface area contributed by atoms with Gasteiger partial charge in [0.2, 0.25) is 5.91 Å². The molecule has 1 fully saturated rings.